The third-order valence-corrected chi connectivity index (χ3v) is 4.82. The fourth-order valence-corrected chi connectivity index (χ4v) is 3.29. The van der Waals surface area contributed by atoms with Crippen LogP contribution in [0.4, 0.5) is 4.39 Å². The van der Waals surface area contributed by atoms with Crippen LogP contribution >= 0.6 is 11.3 Å². The molecule has 7 heteroatoms. The van der Waals surface area contributed by atoms with E-state index in [0.29, 0.717) is 11.3 Å². The first-order chi connectivity index (χ1) is 12.5. The van der Waals surface area contributed by atoms with Gasteiger partial charge < -0.3 is 9.67 Å². The molecule has 1 amide bonds. The van der Waals surface area contributed by atoms with Crippen LogP contribution in [0.2, 0.25) is 0 Å². The molecule has 2 aromatic carbocycles. The highest BCUT2D eigenvalue weighted by molar-refractivity contribution is 7.07. The zero-order chi connectivity index (χ0) is 18.7. The number of carbonyl (C=O) groups excluding carboxylic acids is 1. The number of nitrogens with zero attached hydrogens (tertiary/aromatic N) is 2. The van der Waals surface area contributed by atoms with Gasteiger partial charge >= 0.3 is 5.97 Å². The van der Waals surface area contributed by atoms with Gasteiger partial charge in [0.1, 0.15) is 5.82 Å². The van der Waals surface area contributed by atoms with E-state index in [1.165, 1.54) is 41.7 Å². The van der Waals surface area contributed by atoms with Gasteiger partial charge in [0.2, 0.25) is 0 Å². The lowest BCUT2D eigenvalue weighted by Crippen LogP contribution is -2.19. The number of halogens is 1. The standard InChI is InChI=1S/C19H15FN2O3S/c1-12-11-26-19(21-17(23)15-4-2-3-5-16(15)20)22(12)10-13-6-8-14(9-7-13)18(24)25/h2-9,11H,10H2,1H3,(H,24,25). The van der Waals surface area contributed by atoms with Crippen LogP contribution in [-0.2, 0) is 6.54 Å². The van der Waals surface area contributed by atoms with Gasteiger partial charge in [-0.15, -0.1) is 11.3 Å². The van der Waals surface area contributed by atoms with Gasteiger partial charge in [-0.3, -0.25) is 4.79 Å². The number of aryl methyl sites for hydroxylation is 1. The molecular weight excluding hydrogens is 355 g/mol. The smallest absolute Gasteiger partial charge is 0.335 e. The normalized spacial score (nSPS) is 11.5. The lowest BCUT2D eigenvalue weighted by atomic mass is 10.1. The van der Waals surface area contributed by atoms with E-state index in [4.69, 9.17) is 5.11 Å². The molecule has 1 N–H and O–H groups in total. The molecule has 5 nitrogen and oxygen atoms in total. The Balaban J connectivity index is 1.93. The summed E-state index contributed by atoms with van der Waals surface area (Å²) in [6.45, 7) is 2.31. The summed E-state index contributed by atoms with van der Waals surface area (Å²) in [4.78, 5) is 27.7. The number of benzene rings is 2. The third kappa shape index (κ3) is 3.78. The van der Waals surface area contributed by atoms with Crippen molar-refractivity contribution in [2.45, 2.75) is 13.5 Å². The summed E-state index contributed by atoms with van der Waals surface area (Å²) in [6, 6.07) is 12.2. The van der Waals surface area contributed by atoms with Crippen molar-refractivity contribution in [3.8, 4) is 0 Å². The van der Waals surface area contributed by atoms with Crippen LogP contribution in [0.3, 0.4) is 0 Å². The summed E-state index contributed by atoms with van der Waals surface area (Å²) in [5.41, 5.74) is 1.91. The van der Waals surface area contributed by atoms with Gasteiger partial charge in [0.15, 0.2) is 4.80 Å². The number of hydrogen-bond acceptors (Lipinski definition) is 3. The molecule has 0 aliphatic rings. The minimum absolute atomic E-state index is 0.0732. The molecule has 0 saturated carbocycles. The highest BCUT2D eigenvalue weighted by atomic mass is 32.1. The fraction of sp³-hybridized carbons (Fsp3) is 0.105. The Hall–Kier alpha value is -3.06. The maximum atomic E-state index is 13.8. The second-order valence-corrected chi connectivity index (χ2v) is 6.48. The molecule has 0 aliphatic heterocycles. The van der Waals surface area contributed by atoms with E-state index < -0.39 is 17.7 Å². The largest absolute Gasteiger partial charge is 0.478 e. The highest BCUT2D eigenvalue weighted by Gasteiger charge is 2.11. The van der Waals surface area contributed by atoms with Crippen LogP contribution in [0.15, 0.2) is 58.9 Å². The second-order valence-electron chi connectivity index (χ2n) is 5.64. The van der Waals surface area contributed by atoms with Crippen molar-refractivity contribution in [1.29, 1.82) is 0 Å². The van der Waals surface area contributed by atoms with Crippen molar-refractivity contribution in [2.75, 3.05) is 0 Å². The molecule has 0 aliphatic carbocycles. The molecule has 0 atom stereocenters. The first-order valence-electron chi connectivity index (χ1n) is 7.76. The van der Waals surface area contributed by atoms with Gasteiger partial charge in [0.25, 0.3) is 5.91 Å². The van der Waals surface area contributed by atoms with E-state index in [2.05, 4.69) is 4.99 Å². The molecule has 3 aromatic rings. The molecule has 132 valence electrons. The summed E-state index contributed by atoms with van der Waals surface area (Å²) in [7, 11) is 0. The number of carboxylic acid groups (broad SMARTS) is 1. The number of amides is 1. The molecule has 0 unspecified atom stereocenters. The van der Waals surface area contributed by atoms with Gasteiger partial charge in [-0.1, -0.05) is 24.3 Å². The Morgan fingerprint density at radius 2 is 1.85 bits per heavy atom. The first kappa shape index (κ1) is 17.8. The third-order valence-electron chi connectivity index (χ3n) is 3.83. The van der Waals surface area contributed by atoms with E-state index in [-0.39, 0.29) is 11.1 Å². The molecule has 1 heterocycles. The zero-order valence-corrected chi connectivity index (χ0v) is 14.7. The van der Waals surface area contributed by atoms with Gasteiger partial charge in [-0.2, -0.15) is 4.99 Å². The van der Waals surface area contributed by atoms with Crippen molar-refractivity contribution >= 4 is 23.2 Å². The van der Waals surface area contributed by atoms with Crippen LogP contribution < -0.4 is 4.80 Å². The average molecular weight is 370 g/mol. The molecule has 1 aromatic heterocycles. The number of aromatic carboxylic acids is 1. The monoisotopic (exact) mass is 370 g/mol. The van der Waals surface area contributed by atoms with Crippen LogP contribution in [0, 0.1) is 12.7 Å². The fourth-order valence-electron chi connectivity index (χ4n) is 2.41. The Morgan fingerprint density at radius 1 is 1.15 bits per heavy atom. The van der Waals surface area contributed by atoms with E-state index in [1.54, 1.807) is 18.2 Å². The number of aromatic nitrogens is 1. The number of carboxylic acids is 1. The van der Waals surface area contributed by atoms with Crippen molar-refractivity contribution in [3.63, 3.8) is 0 Å². The topological polar surface area (TPSA) is 71.7 Å². The van der Waals surface area contributed by atoms with Gasteiger partial charge in [-0.25, -0.2) is 9.18 Å². The molecule has 0 bridgehead atoms. The minimum Gasteiger partial charge on any atom is -0.478 e. The minimum atomic E-state index is -0.984. The Labute approximate surface area is 152 Å². The molecule has 3 rings (SSSR count). The van der Waals surface area contributed by atoms with Crippen LogP contribution in [0.5, 0.6) is 0 Å². The summed E-state index contributed by atoms with van der Waals surface area (Å²) in [6.07, 6.45) is 0. The van der Waals surface area contributed by atoms with E-state index in [0.717, 1.165) is 11.3 Å². The molecule has 0 fully saturated rings. The number of rotatable bonds is 4. The Bertz CT molecular complexity index is 1040. The van der Waals surface area contributed by atoms with Gasteiger partial charge in [0, 0.05) is 11.1 Å². The summed E-state index contributed by atoms with van der Waals surface area (Å²) < 4.78 is 15.6. The predicted octanol–water partition coefficient (Wildman–Crippen LogP) is 3.48. The zero-order valence-electron chi connectivity index (χ0n) is 13.8. The Morgan fingerprint density at radius 3 is 2.50 bits per heavy atom. The molecule has 26 heavy (non-hydrogen) atoms. The van der Waals surface area contributed by atoms with Crippen LogP contribution in [0.25, 0.3) is 0 Å². The van der Waals surface area contributed by atoms with Gasteiger partial charge in [-0.05, 0) is 36.8 Å². The lowest BCUT2D eigenvalue weighted by molar-refractivity contribution is 0.0696. The van der Waals surface area contributed by atoms with Crippen LogP contribution in [-0.4, -0.2) is 21.6 Å². The summed E-state index contributed by atoms with van der Waals surface area (Å²) in [5.74, 6) is -2.23. The summed E-state index contributed by atoms with van der Waals surface area (Å²) in [5, 5.41) is 10.8. The first-order valence-corrected chi connectivity index (χ1v) is 8.64. The van der Waals surface area contributed by atoms with E-state index >= 15 is 0 Å². The predicted molar refractivity (Wildman–Crippen MR) is 95.8 cm³/mol. The van der Waals surface area contributed by atoms with Crippen molar-refractivity contribution < 1.29 is 19.1 Å². The molecule has 0 saturated heterocycles. The lowest BCUT2D eigenvalue weighted by Gasteiger charge is -2.07. The molecule has 0 radical (unpaired) electrons. The van der Waals surface area contributed by atoms with E-state index in [9.17, 15) is 14.0 Å². The maximum Gasteiger partial charge on any atom is 0.335 e. The Kier molecular flexibility index (Phi) is 5.09. The maximum absolute atomic E-state index is 13.8. The second kappa shape index (κ2) is 7.45. The molecular formula is C19H15FN2O3S. The van der Waals surface area contributed by atoms with Crippen molar-refractivity contribution in [3.05, 3.63) is 86.9 Å². The number of hydrogen-bond donors (Lipinski definition) is 1. The van der Waals surface area contributed by atoms with E-state index in [1.807, 2.05) is 16.9 Å². The number of thiazole rings is 1. The summed E-state index contributed by atoms with van der Waals surface area (Å²) >= 11 is 1.29. The van der Waals surface area contributed by atoms with Crippen molar-refractivity contribution in [1.82, 2.24) is 4.57 Å². The van der Waals surface area contributed by atoms with Crippen LogP contribution in [0.1, 0.15) is 32.0 Å². The average Bonchev–Trinajstić information content (AvgIpc) is 2.96. The number of carbonyl (C=O) groups is 2. The van der Waals surface area contributed by atoms with Crippen molar-refractivity contribution in [2.24, 2.45) is 4.99 Å². The highest BCUT2D eigenvalue weighted by Crippen LogP contribution is 2.10. The van der Waals surface area contributed by atoms with Gasteiger partial charge in [0.05, 0.1) is 17.7 Å². The quantitative estimate of drug-likeness (QED) is 0.764. The SMILES string of the molecule is Cc1csc(=NC(=O)c2ccccc2F)n1Cc1ccc(C(=O)O)cc1. The molecule has 0 spiro atoms.